The molecule has 7 aromatic rings. The van der Waals surface area contributed by atoms with Gasteiger partial charge in [-0.1, -0.05) is 64.3 Å². The number of aryl methyl sites for hydroxylation is 1. The lowest BCUT2D eigenvalue weighted by Crippen LogP contribution is -2.57. The van der Waals surface area contributed by atoms with E-state index in [0.717, 1.165) is 73.5 Å². The Morgan fingerprint density at radius 2 is 1.47 bits per heavy atom. The number of unbranched alkanes of at least 4 members (excludes halogenated alkanes) is 4. The van der Waals surface area contributed by atoms with Gasteiger partial charge < -0.3 is 40.3 Å². The number of carbonyl (C=O) groups is 4. The topological polar surface area (TPSA) is 212 Å². The highest BCUT2D eigenvalue weighted by Gasteiger charge is 2.44. The van der Waals surface area contributed by atoms with Crippen LogP contribution in [0.15, 0.2) is 126 Å². The Bertz CT molecular complexity index is 3150. The summed E-state index contributed by atoms with van der Waals surface area (Å²) in [6.45, 7) is 10.0. The number of phenols is 2. The number of thiazole rings is 1. The maximum Gasteiger partial charge on any atom is 0.271 e. The van der Waals surface area contributed by atoms with E-state index >= 15 is 0 Å². The van der Waals surface area contributed by atoms with Crippen LogP contribution in [0.4, 0.5) is 0 Å². The predicted molar refractivity (Wildman–Crippen MR) is 298 cm³/mol. The second-order valence-electron chi connectivity index (χ2n) is 20.1. The monoisotopic (exact) mass is 1060 g/mol. The number of aliphatic hydroxyl groups excluding tert-OH is 1. The van der Waals surface area contributed by atoms with Gasteiger partial charge in [-0.25, -0.2) is 10.4 Å². The van der Waals surface area contributed by atoms with Gasteiger partial charge in [0.15, 0.2) is 5.75 Å². The van der Waals surface area contributed by atoms with Crippen molar-refractivity contribution in [1.82, 2.24) is 25.9 Å². The number of aromatic hydroxyl groups is 2. The first-order chi connectivity index (χ1) is 36.5. The van der Waals surface area contributed by atoms with Crippen LogP contribution >= 0.6 is 22.7 Å². The Hall–Kier alpha value is -7.60. The molecule has 0 saturated carbocycles. The van der Waals surface area contributed by atoms with Gasteiger partial charge in [-0.2, -0.15) is 5.10 Å². The molecule has 76 heavy (non-hydrogen) atoms. The van der Waals surface area contributed by atoms with E-state index < -0.39 is 29.5 Å². The first-order valence-corrected chi connectivity index (χ1v) is 27.2. The lowest BCUT2D eigenvalue weighted by atomic mass is 9.85. The summed E-state index contributed by atoms with van der Waals surface area (Å²) in [7, 11) is 0. The first kappa shape index (κ1) is 54.7. The number of nitrogens with zero attached hydrogens (tertiary/aromatic N) is 3. The minimum Gasteiger partial charge on any atom is -0.508 e. The van der Waals surface area contributed by atoms with Crippen molar-refractivity contribution in [1.29, 1.82) is 0 Å². The Balaban J connectivity index is 0.719. The standard InChI is InChI=1S/C59H64N6O9S2/c1-36(39-14-16-40(17-15-39)53-37(2)60-35-75-53)62-57(71)49-31-45(68)34-65(49)58(72)55(59(3,4)5)63-51(69)11-9-7-6-8-10-30-73-46-25-12-38(13-26-46)33-61-64-56(70)42-20-27-47(28-21-42)74-52-48-29-24-44(67)32-50(48)76-54(52)41-18-22-43(66)23-19-41/h12-29,32-33,35-36,45,49,55,66-68H,6-11,30-31,34H2,1-5H3,(H,62,71)(H,63,69)(H,64,70). The van der Waals surface area contributed by atoms with Crippen LogP contribution in [0.25, 0.3) is 31.0 Å². The number of phenolic OH excluding ortho intramolecular Hbond substituents is 2. The molecule has 0 aliphatic carbocycles. The quantitative estimate of drug-likeness (QED) is 0.0228. The number of aliphatic hydroxyl groups is 1. The third kappa shape index (κ3) is 14.0. The normalized spacial score (nSPS) is 15.4. The van der Waals surface area contributed by atoms with Gasteiger partial charge in [0.05, 0.1) is 45.9 Å². The maximum atomic E-state index is 14.1. The Morgan fingerprint density at radius 1 is 0.816 bits per heavy atom. The molecule has 8 rings (SSSR count). The molecule has 4 unspecified atom stereocenters. The highest BCUT2D eigenvalue weighted by molar-refractivity contribution is 7.22. The number of thiophene rings is 1. The zero-order valence-electron chi connectivity index (χ0n) is 43.2. The minimum atomic E-state index is -0.884. The summed E-state index contributed by atoms with van der Waals surface area (Å²) < 4.78 is 13.1. The van der Waals surface area contributed by atoms with Gasteiger partial charge in [-0.3, -0.25) is 19.2 Å². The zero-order valence-corrected chi connectivity index (χ0v) is 44.9. The van der Waals surface area contributed by atoms with Crippen LogP contribution < -0.4 is 25.5 Å². The van der Waals surface area contributed by atoms with Crippen molar-refractivity contribution in [2.45, 2.75) is 104 Å². The van der Waals surface area contributed by atoms with Crippen LogP contribution in [0.3, 0.4) is 0 Å². The van der Waals surface area contributed by atoms with Crippen LogP contribution in [-0.4, -0.2) is 86.4 Å². The fourth-order valence-corrected chi connectivity index (χ4v) is 11.0. The van der Waals surface area contributed by atoms with E-state index in [1.807, 2.05) is 88.7 Å². The number of likely N-dealkylation sites (tertiary alicyclic amines) is 1. The average molecular weight is 1070 g/mol. The molecule has 396 valence electrons. The largest absolute Gasteiger partial charge is 0.508 e. The summed E-state index contributed by atoms with van der Waals surface area (Å²) in [5.74, 6) is 0.775. The van der Waals surface area contributed by atoms with Crippen molar-refractivity contribution in [3.63, 3.8) is 0 Å². The van der Waals surface area contributed by atoms with E-state index in [-0.39, 0.29) is 54.6 Å². The smallest absolute Gasteiger partial charge is 0.271 e. The number of hydrogen-bond acceptors (Lipinski definition) is 13. The summed E-state index contributed by atoms with van der Waals surface area (Å²) in [6.07, 6.45) is 5.23. The molecule has 4 atom stereocenters. The molecule has 1 saturated heterocycles. The number of β-amino-alcohol motifs (C(OH)–C–C–N with tert-alkyl or cyclic N) is 1. The molecular weight excluding hydrogens is 1000 g/mol. The Morgan fingerprint density at radius 3 is 2.17 bits per heavy atom. The van der Waals surface area contributed by atoms with Crippen molar-refractivity contribution in [2.75, 3.05) is 13.2 Å². The average Bonchev–Trinajstić information content (AvgIpc) is 4.13. The molecule has 1 fully saturated rings. The molecule has 4 amide bonds. The second kappa shape index (κ2) is 24.8. The summed E-state index contributed by atoms with van der Waals surface area (Å²) in [5.41, 5.74) is 8.68. The van der Waals surface area contributed by atoms with E-state index in [0.29, 0.717) is 35.8 Å². The second-order valence-corrected chi connectivity index (χ2v) is 22.0. The van der Waals surface area contributed by atoms with Gasteiger partial charge in [-0.05, 0) is 145 Å². The van der Waals surface area contributed by atoms with E-state index in [2.05, 4.69) is 26.1 Å². The predicted octanol–water partition coefficient (Wildman–Crippen LogP) is 11.1. The number of fused-ring (bicyclic) bond motifs is 1. The molecule has 1 aliphatic rings. The zero-order chi connectivity index (χ0) is 53.9. The van der Waals surface area contributed by atoms with Crippen LogP contribution in [-0.2, 0) is 14.4 Å². The molecule has 2 aromatic heterocycles. The molecule has 6 N–H and O–H groups in total. The molecule has 17 heteroatoms. The molecule has 5 aromatic carbocycles. The number of benzene rings is 5. The van der Waals surface area contributed by atoms with Gasteiger partial charge in [0.25, 0.3) is 5.91 Å². The van der Waals surface area contributed by atoms with Gasteiger partial charge in [0, 0.05) is 35.0 Å². The van der Waals surface area contributed by atoms with E-state index in [4.69, 9.17) is 9.47 Å². The molecule has 1 aliphatic heterocycles. The molecule has 3 heterocycles. The fourth-order valence-electron chi connectivity index (χ4n) is 8.99. The number of nitrogens with one attached hydrogen (secondary N) is 3. The van der Waals surface area contributed by atoms with Crippen molar-refractivity contribution in [3.05, 3.63) is 143 Å². The lowest BCUT2D eigenvalue weighted by molar-refractivity contribution is -0.144. The van der Waals surface area contributed by atoms with Crippen LogP contribution in [0.1, 0.15) is 106 Å². The van der Waals surface area contributed by atoms with Crippen LogP contribution in [0, 0.1) is 12.3 Å². The molecule has 15 nitrogen and oxygen atoms in total. The van der Waals surface area contributed by atoms with Crippen molar-refractivity contribution < 1.29 is 44.0 Å². The summed E-state index contributed by atoms with van der Waals surface area (Å²) >= 11 is 3.04. The number of aromatic nitrogens is 1. The van der Waals surface area contributed by atoms with Gasteiger partial charge >= 0.3 is 0 Å². The van der Waals surface area contributed by atoms with Crippen molar-refractivity contribution in [2.24, 2.45) is 10.5 Å². The molecular formula is C59H64N6O9S2. The number of rotatable bonds is 21. The van der Waals surface area contributed by atoms with E-state index in [1.165, 1.54) is 16.2 Å². The molecule has 0 spiro atoms. The minimum absolute atomic E-state index is 0.00921. The van der Waals surface area contributed by atoms with Gasteiger partial charge in [0.1, 0.15) is 35.1 Å². The number of amides is 4. The van der Waals surface area contributed by atoms with E-state index in [1.54, 1.807) is 84.3 Å². The number of ether oxygens (including phenoxy) is 2. The summed E-state index contributed by atoms with van der Waals surface area (Å²) in [4.78, 5) is 61.6. The SMILES string of the molecule is Cc1ncsc1-c1ccc(C(C)NC(=O)C2CC(O)CN2C(=O)C(NC(=O)CCCCCCCOc2ccc(C=NNC(=O)c3ccc(Oc4c(-c5ccc(O)cc5)sc5cc(O)ccc45)cc3)cc2)C(C)(C)C)cc1. The van der Waals surface area contributed by atoms with Crippen LogP contribution in [0.5, 0.6) is 28.7 Å². The highest BCUT2D eigenvalue weighted by Crippen LogP contribution is 2.47. The highest BCUT2D eigenvalue weighted by atomic mass is 32.1. The third-order valence-electron chi connectivity index (χ3n) is 13.2. The third-order valence-corrected chi connectivity index (χ3v) is 15.4. The maximum absolute atomic E-state index is 14.1. The Labute approximate surface area is 450 Å². The molecule has 0 radical (unpaired) electrons. The van der Waals surface area contributed by atoms with Crippen LogP contribution in [0.2, 0.25) is 0 Å². The molecule has 0 bridgehead atoms. The van der Waals surface area contributed by atoms with Crippen molar-refractivity contribution in [3.8, 4) is 49.6 Å². The first-order valence-electron chi connectivity index (χ1n) is 25.5. The number of hydrogen-bond donors (Lipinski definition) is 6. The number of hydrazone groups is 1. The number of carbonyl (C=O) groups excluding carboxylic acids is 4. The van der Waals surface area contributed by atoms with Crippen molar-refractivity contribution >= 4 is 62.6 Å². The van der Waals surface area contributed by atoms with E-state index in [9.17, 15) is 34.5 Å². The summed E-state index contributed by atoms with van der Waals surface area (Å²) in [5, 5.41) is 41.5. The van der Waals surface area contributed by atoms with Gasteiger partial charge in [-0.15, -0.1) is 22.7 Å². The fraction of sp³-hybridized carbons (Fsp3) is 0.322. The lowest BCUT2D eigenvalue weighted by Gasteiger charge is -2.35. The Kier molecular flexibility index (Phi) is 17.9. The van der Waals surface area contributed by atoms with Gasteiger partial charge in [0.2, 0.25) is 17.7 Å². The summed E-state index contributed by atoms with van der Waals surface area (Å²) in [6, 6.07) is 31.9.